The van der Waals surface area contributed by atoms with Gasteiger partial charge in [0.05, 0.1) is 7.11 Å². The van der Waals surface area contributed by atoms with Crippen molar-refractivity contribution < 1.29 is 19.1 Å². The molecule has 19 heavy (non-hydrogen) atoms. The highest BCUT2D eigenvalue weighted by molar-refractivity contribution is 9.10. The number of carbonyl (C=O) groups excluding carboxylic acids is 1. The first-order chi connectivity index (χ1) is 9.02. The highest BCUT2D eigenvalue weighted by Gasteiger charge is 2.20. The van der Waals surface area contributed by atoms with E-state index in [1.54, 1.807) is 18.2 Å². The monoisotopic (exact) mass is 344 g/mol. The Bertz CT molecular complexity index is 608. The van der Waals surface area contributed by atoms with Gasteiger partial charge in [0, 0.05) is 15.1 Å². The molecule has 6 heteroatoms. The fraction of sp³-hybridized carbons (Fsp3) is 0.154. The second kappa shape index (κ2) is 5.77. The van der Waals surface area contributed by atoms with Crippen LogP contribution in [0.2, 0.25) is 5.02 Å². The van der Waals surface area contributed by atoms with Gasteiger partial charge in [-0.1, -0.05) is 33.6 Å². The molecule has 2 rings (SSSR count). The number of benzene rings is 1. The first-order valence-electron chi connectivity index (χ1n) is 5.34. The summed E-state index contributed by atoms with van der Waals surface area (Å²) in [5, 5.41) is 10.6. The van der Waals surface area contributed by atoms with Crippen molar-refractivity contribution in [3.63, 3.8) is 0 Å². The molecule has 0 amide bonds. The largest absolute Gasteiger partial charge is 0.463 e. The van der Waals surface area contributed by atoms with E-state index >= 15 is 0 Å². The molecule has 0 spiro atoms. The van der Waals surface area contributed by atoms with Crippen LogP contribution in [0.15, 0.2) is 39.2 Å². The van der Waals surface area contributed by atoms with Crippen LogP contribution in [-0.2, 0) is 4.74 Å². The lowest BCUT2D eigenvalue weighted by molar-refractivity contribution is 0.0558. The average Bonchev–Trinajstić information content (AvgIpc) is 2.86. The lowest BCUT2D eigenvalue weighted by Crippen LogP contribution is -2.01. The van der Waals surface area contributed by atoms with Crippen molar-refractivity contribution in [1.82, 2.24) is 0 Å². The number of furan rings is 1. The summed E-state index contributed by atoms with van der Waals surface area (Å²) in [5.74, 6) is -0.338. The zero-order valence-corrected chi connectivity index (χ0v) is 12.2. The Morgan fingerprint density at radius 2 is 2.16 bits per heavy atom. The van der Waals surface area contributed by atoms with Gasteiger partial charge in [-0.15, -0.1) is 0 Å². The third-order valence-electron chi connectivity index (χ3n) is 2.54. The van der Waals surface area contributed by atoms with Crippen LogP contribution >= 0.6 is 27.5 Å². The van der Waals surface area contributed by atoms with Crippen LogP contribution in [0, 0.1) is 0 Å². The fourth-order valence-corrected chi connectivity index (χ4v) is 2.36. The Balaban J connectivity index is 2.31. The van der Waals surface area contributed by atoms with Gasteiger partial charge in [0.1, 0.15) is 11.9 Å². The second-order valence-corrected chi connectivity index (χ2v) is 5.08. The highest BCUT2D eigenvalue weighted by Crippen LogP contribution is 2.31. The number of carbonyl (C=O) groups is 1. The molecule has 0 aliphatic rings. The van der Waals surface area contributed by atoms with Gasteiger partial charge in [0.2, 0.25) is 5.76 Å². The normalized spacial score (nSPS) is 12.2. The third-order valence-corrected chi connectivity index (χ3v) is 3.36. The van der Waals surface area contributed by atoms with E-state index in [4.69, 9.17) is 16.0 Å². The fourth-order valence-electron chi connectivity index (χ4n) is 1.59. The number of aliphatic hydroxyl groups is 1. The number of halogens is 2. The molecular formula is C13H10BrClO4. The molecule has 1 aromatic heterocycles. The molecule has 0 aliphatic carbocycles. The lowest BCUT2D eigenvalue weighted by atomic mass is 10.1. The van der Waals surface area contributed by atoms with E-state index < -0.39 is 12.1 Å². The van der Waals surface area contributed by atoms with Crippen LogP contribution in [0.25, 0.3) is 0 Å². The molecule has 0 aliphatic heterocycles. The zero-order valence-electron chi connectivity index (χ0n) is 9.89. The molecular weight excluding hydrogens is 335 g/mol. The smallest absolute Gasteiger partial charge is 0.373 e. The molecule has 1 unspecified atom stereocenters. The minimum atomic E-state index is -1.04. The summed E-state index contributed by atoms with van der Waals surface area (Å²) in [7, 11) is 1.26. The Labute approximate surface area is 123 Å². The first-order valence-corrected chi connectivity index (χ1v) is 6.51. The Hall–Kier alpha value is -1.30. The number of esters is 1. The number of hydrogen-bond donors (Lipinski definition) is 1. The second-order valence-electron chi connectivity index (χ2n) is 3.76. The number of ether oxygens (including phenoxy) is 1. The van der Waals surface area contributed by atoms with Crippen molar-refractivity contribution >= 4 is 33.5 Å². The first kappa shape index (κ1) is 14.1. The number of aliphatic hydroxyl groups excluding tert-OH is 1. The van der Waals surface area contributed by atoms with E-state index in [0.717, 1.165) is 4.47 Å². The van der Waals surface area contributed by atoms with Gasteiger partial charge in [-0.2, -0.15) is 0 Å². The molecule has 1 atom stereocenters. The van der Waals surface area contributed by atoms with Crippen molar-refractivity contribution in [1.29, 1.82) is 0 Å². The summed E-state index contributed by atoms with van der Waals surface area (Å²) in [6.07, 6.45) is -1.04. The standard InChI is InChI=1S/C13H10BrClO4/c1-18-13(17)11-5-4-10(19-11)12(16)8-3-2-7(14)6-9(8)15/h2-6,12,16H,1H3. The van der Waals surface area contributed by atoms with Gasteiger partial charge in [-0.3, -0.25) is 0 Å². The summed E-state index contributed by atoms with van der Waals surface area (Å²) in [6, 6.07) is 8.06. The van der Waals surface area contributed by atoms with Crippen molar-refractivity contribution in [3.8, 4) is 0 Å². The molecule has 0 saturated heterocycles. The third kappa shape index (κ3) is 3.00. The van der Waals surface area contributed by atoms with E-state index in [0.29, 0.717) is 10.6 Å². The van der Waals surface area contributed by atoms with Crippen LogP contribution in [0.3, 0.4) is 0 Å². The SMILES string of the molecule is COC(=O)c1ccc(C(O)c2ccc(Br)cc2Cl)o1. The van der Waals surface area contributed by atoms with E-state index in [-0.39, 0.29) is 11.5 Å². The predicted molar refractivity (Wildman–Crippen MR) is 73.3 cm³/mol. The van der Waals surface area contributed by atoms with Crippen LogP contribution < -0.4 is 0 Å². The summed E-state index contributed by atoms with van der Waals surface area (Å²) in [4.78, 5) is 11.3. The maximum Gasteiger partial charge on any atom is 0.373 e. The van der Waals surface area contributed by atoms with E-state index in [9.17, 15) is 9.90 Å². The molecule has 4 nitrogen and oxygen atoms in total. The van der Waals surface area contributed by atoms with Crippen LogP contribution in [0.4, 0.5) is 0 Å². The maximum absolute atomic E-state index is 11.3. The molecule has 0 saturated carbocycles. The van der Waals surface area contributed by atoms with Gasteiger partial charge >= 0.3 is 5.97 Å². The highest BCUT2D eigenvalue weighted by atomic mass is 79.9. The maximum atomic E-state index is 11.3. The van der Waals surface area contributed by atoms with E-state index in [1.807, 2.05) is 0 Å². The van der Waals surface area contributed by atoms with E-state index in [2.05, 4.69) is 20.7 Å². The Kier molecular flexibility index (Phi) is 4.29. The molecule has 2 aromatic rings. The molecule has 1 aromatic carbocycles. The number of rotatable bonds is 3. The van der Waals surface area contributed by atoms with Crippen molar-refractivity contribution in [3.05, 3.63) is 56.9 Å². The predicted octanol–water partition coefficient (Wildman–Crippen LogP) is 3.56. The average molecular weight is 346 g/mol. The molecule has 0 bridgehead atoms. The van der Waals surface area contributed by atoms with Gasteiger partial charge in [0.15, 0.2) is 0 Å². The minimum Gasteiger partial charge on any atom is -0.463 e. The molecule has 0 fully saturated rings. The van der Waals surface area contributed by atoms with Crippen molar-refractivity contribution in [2.45, 2.75) is 6.10 Å². The summed E-state index contributed by atoms with van der Waals surface area (Å²) < 4.78 is 10.6. The van der Waals surface area contributed by atoms with Gasteiger partial charge in [-0.05, 0) is 24.3 Å². The van der Waals surface area contributed by atoms with Gasteiger partial charge < -0.3 is 14.3 Å². The lowest BCUT2D eigenvalue weighted by Gasteiger charge is -2.10. The number of hydrogen-bond acceptors (Lipinski definition) is 4. The van der Waals surface area contributed by atoms with Crippen molar-refractivity contribution in [2.24, 2.45) is 0 Å². The number of methoxy groups -OCH3 is 1. The molecule has 1 heterocycles. The van der Waals surface area contributed by atoms with Crippen LogP contribution in [0.1, 0.15) is 28.0 Å². The molecule has 100 valence electrons. The van der Waals surface area contributed by atoms with Gasteiger partial charge in [0.25, 0.3) is 0 Å². The van der Waals surface area contributed by atoms with Crippen molar-refractivity contribution in [2.75, 3.05) is 7.11 Å². The molecule has 0 radical (unpaired) electrons. The summed E-state index contributed by atoms with van der Waals surface area (Å²) in [5.41, 5.74) is 0.496. The van der Waals surface area contributed by atoms with Gasteiger partial charge in [-0.25, -0.2) is 4.79 Å². The summed E-state index contributed by atoms with van der Waals surface area (Å²) >= 11 is 9.33. The minimum absolute atomic E-state index is 0.0322. The van der Waals surface area contributed by atoms with E-state index in [1.165, 1.54) is 19.2 Å². The Morgan fingerprint density at radius 1 is 1.42 bits per heavy atom. The van der Waals surface area contributed by atoms with Crippen LogP contribution in [-0.4, -0.2) is 18.2 Å². The zero-order chi connectivity index (χ0) is 14.0. The topological polar surface area (TPSA) is 59.7 Å². The Morgan fingerprint density at radius 3 is 2.79 bits per heavy atom. The van der Waals surface area contributed by atoms with Crippen LogP contribution in [0.5, 0.6) is 0 Å². The molecule has 1 N–H and O–H groups in total. The quantitative estimate of drug-likeness (QED) is 0.864. The summed E-state index contributed by atoms with van der Waals surface area (Å²) in [6.45, 7) is 0.